The summed E-state index contributed by atoms with van der Waals surface area (Å²) in [7, 11) is 0. The number of urea groups is 1. The van der Waals surface area contributed by atoms with Crippen LogP contribution in [0.1, 0.15) is 35.6 Å². The minimum absolute atomic E-state index is 0.0710. The average Bonchev–Trinajstić information content (AvgIpc) is 2.96. The maximum absolute atomic E-state index is 12.6. The second-order valence-electron chi connectivity index (χ2n) is 7.33. The van der Waals surface area contributed by atoms with Crippen molar-refractivity contribution in [2.75, 3.05) is 6.54 Å². The van der Waals surface area contributed by atoms with Crippen molar-refractivity contribution < 1.29 is 14.4 Å². The summed E-state index contributed by atoms with van der Waals surface area (Å²) in [6.45, 7) is -0.255. The van der Waals surface area contributed by atoms with Gasteiger partial charge in [0.2, 0.25) is 5.91 Å². The van der Waals surface area contributed by atoms with Crippen LogP contribution in [0.25, 0.3) is 0 Å². The number of aryl methyl sites for hydroxylation is 1. The van der Waals surface area contributed by atoms with Gasteiger partial charge in [0.15, 0.2) is 0 Å². The third-order valence-corrected chi connectivity index (χ3v) is 5.40. The van der Waals surface area contributed by atoms with Crippen molar-refractivity contribution in [3.63, 3.8) is 0 Å². The largest absolute Gasteiger partial charge is 0.348 e. The Labute approximate surface area is 163 Å². The van der Waals surface area contributed by atoms with Crippen molar-refractivity contribution in [1.29, 1.82) is 0 Å². The van der Waals surface area contributed by atoms with Crippen molar-refractivity contribution in [3.8, 4) is 0 Å². The molecule has 2 aromatic carbocycles. The molecule has 2 N–H and O–H groups in total. The number of imide groups is 1. The van der Waals surface area contributed by atoms with Crippen molar-refractivity contribution in [3.05, 3.63) is 71.3 Å². The van der Waals surface area contributed by atoms with E-state index in [9.17, 15) is 14.4 Å². The number of carbonyl (C=O) groups is 3. The summed E-state index contributed by atoms with van der Waals surface area (Å²) in [5.74, 6) is -0.668. The van der Waals surface area contributed by atoms with E-state index < -0.39 is 12.1 Å². The lowest BCUT2D eigenvalue weighted by Crippen LogP contribution is -2.42. The lowest BCUT2D eigenvalue weighted by atomic mass is 9.88. The van der Waals surface area contributed by atoms with Crippen LogP contribution in [0.2, 0.25) is 0 Å². The highest BCUT2D eigenvalue weighted by Crippen LogP contribution is 2.29. The van der Waals surface area contributed by atoms with Gasteiger partial charge in [-0.3, -0.25) is 14.5 Å². The monoisotopic (exact) mass is 377 g/mol. The van der Waals surface area contributed by atoms with E-state index in [2.05, 4.69) is 16.7 Å². The van der Waals surface area contributed by atoms with Crippen LogP contribution in [0.15, 0.2) is 54.6 Å². The van der Waals surface area contributed by atoms with Crippen LogP contribution in [-0.4, -0.2) is 35.3 Å². The van der Waals surface area contributed by atoms with E-state index in [1.807, 2.05) is 48.5 Å². The first kappa shape index (κ1) is 18.2. The van der Waals surface area contributed by atoms with Gasteiger partial charge in [-0.2, -0.15) is 0 Å². The predicted octanol–water partition coefficient (Wildman–Crippen LogP) is 2.34. The molecule has 0 unspecified atom stereocenters. The van der Waals surface area contributed by atoms with Crippen LogP contribution in [0, 0.1) is 0 Å². The van der Waals surface area contributed by atoms with Crippen molar-refractivity contribution >= 4 is 17.8 Å². The number of benzene rings is 2. The van der Waals surface area contributed by atoms with Crippen LogP contribution in [-0.2, 0) is 22.4 Å². The van der Waals surface area contributed by atoms with E-state index in [4.69, 9.17) is 0 Å². The van der Waals surface area contributed by atoms with Gasteiger partial charge in [0, 0.05) is 6.42 Å². The molecular formula is C22H23N3O3. The van der Waals surface area contributed by atoms with Gasteiger partial charge < -0.3 is 10.6 Å². The molecule has 1 saturated heterocycles. The number of nitrogens with zero attached hydrogens (tertiary/aromatic N) is 1. The Morgan fingerprint density at radius 3 is 2.64 bits per heavy atom. The first-order valence-corrected chi connectivity index (χ1v) is 9.65. The SMILES string of the molecule is O=C(CN1C(=O)N[C@H](Cc2ccccc2)C1=O)N[C@@H]1CCCc2ccccc21. The normalized spacial score (nSPS) is 21.2. The first-order valence-electron chi connectivity index (χ1n) is 9.65. The molecule has 2 aromatic rings. The highest BCUT2D eigenvalue weighted by Gasteiger charge is 2.39. The molecule has 1 heterocycles. The van der Waals surface area contributed by atoms with Gasteiger partial charge in [0.25, 0.3) is 5.91 Å². The fraction of sp³-hybridized carbons (Fsp3) is 0.318. The number of rotatable bonds is 5. The van der Waals surface area contributed by atoms with Gasteiger partial charge in [-0.15, -0.1) is 0 Å². The zero-order valence-corrected chi connectivity index (χ0v) is 15.6. The highest BCUT2D eigenvalue weighted by atomic mass is 16.2. The molecule has 1 aliphatic heterocycles. The summed E-state index contributed by atoms with van der Waals surface area (Å²) in [4.78, 5) is 38.4. The zero-order chi connectivity index (χ0) is 19.5. The van der Waals surface area contributed by atoms with E-state index in [1.165, 1.54) is 5.56 Å². The molecule has 1 fully saturated rings. The summed E-state index contributed by atoms with van der Waals surface area (Å²) in [5.41, 5.74) is 3.34. The maximum atomic E-state index is 12.6. The summed E-state index contributed by atoms with van der Waals surface area (Å²) in [6, 6.07) is 16.4. The molecule has 2 aliphatic rings. The van der Waals surface area contributed by atoms with Gasteiger partial charge in [0.1, 0.15) is 12.6 Å². The second-order valence-corrected chi connectivity index (χ2v) is 7.33. The number of hydrogen-bond acceptors (Lipinski definition) is 3. The van der Waals surface area contributed by atoms with Crippen molar-refractivity contribution in [2.24, 2.45) is 0 Å². The maximum Gasteiger partial charge on any atom is 0.325 e. The fourth-order valence-corrected chi connectivity index (χ4v) is 4.00. The Hall–Kier alpha value is -3.15. The molecule has 144 valence electrons. The number of amides is 4. The molecule has 6 nitrogen and oxygen atoms in total. The molecule has 4 rings (SSSR count). The van der Waals surface area contributed by atoms with Gasteiger partial charge in [0.05, 0.1) is 6.04 Å². The summed E-state index contributed by atoms with van der Waals surface area (Å²) in [6.07, 6.45) is 3.29. The number of nitrogens with one attached hydrogen (secondary N) is 2. The Bertz CT molecular complexity index is 897. The molecule has 0 bridgehead atoms. The third kappa shape index (κ3) is 3.76. The van der Waals surface area contributed by atoms with E-state index >= 15 is 0 Å². The fourth-order valence-electron chi connectivity index (χ4n) is 4.00. The van der Waals surface area contributed by atoms with Crippen LogP contribution in [0.3, 0.4) is 0 Å². The Morgan fingerprint density at radius 2 is 1.82 bits per heavy atom. The van der Waals surface area contributed by atoms with E-state index in [0.29, 0.717) is 6.42 Å². The van der Waals surface area contributed by atoms with Crippen molar-refractivity contribution in [1.82, 2.24) is 15.5 Å². The lowest BCUT2D eigenvalue weighted by Gasteiger charge is -2.27. The highest BCUT2D eigenvalue weighted by molar-refractivity contribution is 6.06. The molecule has 6 heteroatoms. The Kier molecular flexibility index (Phi) is 5.10. The van der Waals surface area contributed by atoms with E-state index in [0.717, 1.165) is 35.3 Å². The quantitative estimate of drug-likeness (QED) is 0.785. The molecule has 2 atom stereocenters. The second kappa shape index (κ2) is 7.84. The molecule has 1 aliphatic carbocycles. The molecule has 0 saturated carbocycles. The lowest BCUT2D eigenvalue weighted by molar-refractivity contribution is -0.132. The molecule has 28 heavy (non-hydrogen) atoms. The van der Waals surface area contributed by atoms with Gasteiger partial charge >= 0.3 is 6.03 Å². The van der Waals surface area contributed by atoms with Crippen LogP contribution in [0.5, 0.6) is 0 Å². The number of hydrogen-bond donors (Lipinski definition) is 2. The minimum Gasteiger partial charge on any atom is -0.348 e. The van der Waals surface area contributed by atoms with Crippen LogP contribution >= 0.6 is 0 Å². The smallest absolute Gasteiger partial charge is 0.325 e. The summed E-state index contributed by atoms with van der Waals surface area (Å²) >= 11 is 0. The number of fused-ring (bicyclic) bond motifs is 1. The van der Waals surface area contributed by atoms with Gasteiger partial charge in [-0.1, -0.05) is 54.6 Å². The summed E-state index contributed by atoms with van der Waals surface area (Å²) in [5, 5.41) is 5.68. The standard InChI is InChI=1S/C22H23N3O3/c26-20(23-18-12-6-10-16-9-4-5-11-17(16)18)14-25-21(27)19(24-22(25)28)13-15-7-2-1-3-8-15/h1-5,7-9,11,18-19H,6,10,12-14H2,(H,23,26)(H,24,28)/t18-,19-/m1/s1. The van der Waals surface area contributed by atoms with Crippen molar-refractivity contribution in [2.45, 2.75) is 37.8 Å². The molecule has 4 amide bonds. The minimum atomic E-state index is -0.627. The molecular weight excluding hydrogens is 354 g/mol. The predicted molar refractivity (Wildman–Crippen MR) is 104 cm³/mol. The first-order chi connectivity index (χ1) is 13.6. The topological polar surface area (TPSA) is 78.5 Å². The van der Waals surface area contributed by atoms with E-state index in [-0.39, 0.29) is 24.4 Å². The Balaban J connectivity index is 1.38. The number of carbonyl (C=O) groups excluding carboxylic acids is 3. The van der Waals surface area contributed by atoms with Crippen LogP contribution < -0.4 is 10.6 Å². The molecule has 0 aromatic heterocycles. The summed E-state index contributed by atoms with van der Waals surface area (Å²) < 4.78 is 0. The Morgan fingerprint density at radius 1 is 1.07 bits per heavy atom. The zero-order valence-electron chi connectivity index (χ0n) is 15.6. The average molecular weight is 377 g/mol. The molecule has 0 spiro atoms. The van der Waals surface area contributed by atoms with Gasteiger partial charge in [-0.25, -0.2) is 4.79 Å². The molecule has 0 radical (unpaired) electrons. The van der Waals surface area contributed by atoms with E-state index in [1.54, 1.807) is 0 Å². The third-order valence-electron chi connectivity index (χ3n) is 5.40. The van der Waals surface area contributed by atoms with Crippen LogP contribution in [0.4, 0.5) is 4.79 Å². The van der Waals surface area contributed by atoms with Gasteiger partial charge in [-0.05, 0) is 36.0 Å².